The van der Waals surface area contributed by atoms with E-state index >= 15 is 0 Å². The second-order valence-electron chi connectivity index (χ2n) is 8.09. The number of benzene rings is 1. The minimum atomic E-state index is 0.197. The standard InChI is InChI=1S/C23H30N4O2/c1-17(28)26-13-8-20(9-14-26)27-12-4-6-19(16-27)23-22(24-10-11-25-23)18-5-3-7-21(15-18)29-2/h3,5,7,10-11,15,19-20H,4,6,8-9,12-14,16H2,1-2H3/t19-/m0/s1. The smallest absolute Gasteiger partial charge is 0.219 e. The predicted molar refractivity (Wildman–Crippen MR) is 113 cm³/mol. The lowest BCUT2D eigenvalue weighted by Crippen LogP contribution is -2.49. The molecule has 0 spiro atoms. The monoisotopic (exact) mass is 394 g/mol. The maximum Gasteiger partial charge on any atom is 0.219 e. The zero-order valence-electron chi connectivity index (χ0n) is 17.4. The molecule has 1 amide bonds. The summed E-state index contributed by atoms with van der Waals surface area (Å²) in [6.45, 7) is 5.57. The Balaban J connectivity index is 1.51. The molecule has 1 aromatic heterocycles. The third-order valence-electron chi connectivity index (χ3n) is 6.34. The Morgan fingerprint density at radius 3 is 2.66 bits per heavy atom. The minimum absolute atomic E-state index is 0.197. The largest absolute Gasteiger partial charge is 0.497 e. The van der Waals surface area contributed by atoms with Gasteiger partial charge in [-0.25, -0.2) is 0 Å². The molecule has 2 saturated heterocycles. The first kappa shape index (κ1) is 19.8. The summed E-state index contributed by atoms with van der Waals surface area (Å²) in [4.78, 5) is 25.7. The SMILES string of the molecule is COc1cccc(-c2nccnc2[C@H]2CCCN(C3CCN(C(C)=O)CC3)C2)c1. The molecule has 6 nitrogen and oxygen atoms in total. The summed E-state index contributed by atoms with van der Waals surface area (Å²) >= 11 is 0. The number of likely N-dealkylation sites (tertiary alicyclic amines) is 2. The Hall–Kier alpha value is -2.47. The van der Waals surface area contributed by atoms with Gasteiger partial charge in [0.05, 0.1) is 18.5 Å². The molecule has 0 aliphatic carbocycles. The minimum Gasteiger partial charge on any atom is -0.497 e. The van der Waals surface area contributed by atoms with Crippen molar-refractivity contribution >= 4 is 5.91 Å². The maximum absolute atomic E-state index is 11.6. The van der Waals surface area contributed by atoms with E-state index in [9.17, 15) is 4.79 Å². The van der Waals surface area contributed by atoms with Gasteiger partial charge in [-0.15, -0.1) is 0 Å². The lowest BCUT2D eigenvalue weighted by Gasteiger charge is -2.42. The highest BCUT2D eigenvalue weighted by Crippen LogP contribution is 2.34. The molecule has 2 aliphatic rings. The van der Waals surface area contributed by atoms with E-state index < -0.39 is 0 Å². The fraction of sp³-hybridized carbons (Fsp3) is 0.522. The molecule has 29 heavy (non-hydrogen) atoms. The third kappa shape index (κ3) is 4.42. The molecular weight excluding hydrogens is 364 g/mol. The number of carbonyl (C=O) groups is 1. The van der Waals surface area contributed by atoms with Crippen LogP contribution in [0.4, 0.5) is 0 Å². The van der Waals surface area contributed by atoms with Gasteiger partial charge in [-0.1, -0.05) is 12.1 Å². The Kier molecular flexibility index (Phi) is 6.09. The Morgan fingerprint density at radius 1 is 1.10 bits per heavy atom. The van der Waals surface area contributed by atoms with Crippen molar-refractivity contribution < 1.29 is 9.53 Å². The lowest BCUT2D eigenvalue weighted by molar-refractivity contribution is -0.130. The van der Waals surface area contributed by atoms with Gasteiger partial charge in [0.1, 0.15) is 5.75 Å². The first-order valence-electron chi connectivity index (χ1n) is 10.6. The molecule has 2 fully saturated rings. The number of methoxy groups -OCH3 is 1. The van der Waals surface area contributed by atoms with Crippen LogP contribution in [0, 0.1) is 0 Å². The van der Waals surface area contributed by atoms with Crippen molar-refractivity contribution in [2.45, 2.75) is 44.6 Å². The van der Waals surface area contributed by atoms with Crippen LogP contribution in [0.2, 0.25) is 0 Å². The maximum atomic E-state index is 11.6. The van der Waals surface area contributed by atoms with Crippen LogP contribution in [0.15, 0.2) is 36.7 Å². The van der Waals surface area contributed by atoms with Crippen LogP contribution in [0.1, 0.15) is 44.2 Å². The quantitative estimate of drug-likeness (QED) is 0.796. The van der Waals surface area contributed by atoms with Gasteiger partial charge >= 0.3 is 0 Å². The third-order valence-corrected chi connectivity index (χ3v) is 6.34. The van der Waals surface area contributed by atoms with Crippen molar-refractivity contribution in [1.29, 1.82) is 0 Å². The number of hydrogen-bond acceptors (Lipinski definition) is 5. The van der Waals surface area contributed by atoms with E-state index in [0.29, 0.717) is 12.0 Å². The van der Waals surface area contributed by atoms with Crippen molar-refractivity contribution in [1.82, 2.24) is 19.8 Å². The number of nitrogens with zero attached hydrogens (tertiary/aromatic N) is 4. The van der Waals surface area contributed by atoms with Gasteiger partial charge < -0.3 is 9.64 Å². The number of amides is 1. The Bertz CT molecular complexity index is 848. The molecule has 1 aromatic carbocycles. The molecule has 2 aromatic rings. The van der Waals surface area contributed by atoms with Crippen LogP contribution in [0.5, 0.6) is 5.75 Å². The van der Waals surface area contributed by atoms with Crippen molar-refractivity contribution in [2.75, 3.05) is 33.3 Å². The second kappa shape index (κ2) is 8.91. The van der Waals surface area contributed by atoms with Crippen LogP contribution in [-0.2, 0) is 4.79 Å². The average Bonchev–Trinajstić information content (AvgIpc) is 2.79. The Labute approximate surface area is 172 Å². The van der Waals surface area contributed by atoms with Crippen molar-refractivity contribution in [3.8, 4) is 17.0 Å². The molecule has 154 valence electrons. The van der Waals surface area contributed by atoms with E-state index in [1.807, 2.05) is 29.3 Å². The number of aromatic nitrogens is 2. The van der Waals surface area contributed by atoms with Crippen LogP contribution >= 0.6 is 0 Å². The van der Waals surface area contributed by atoms with E-state index in [0.717, 1.165) is 68.1 Å². The highest BCUT2D eigenvalue weighted by molar-refractivity contribution is 5.73. The van der Waals surface area contributed by atoms with Gasteiger partial charge in [0.15, 0.2) is 0 Å². The normalized spacial score (nSPS) is 21.2. The fourth-order valence-electron chi connectivity index (χ4n) is 4.75. The summed E-state index contributed by atoms with van der Waals surface area (Å²) in [5.41, 5.74) is 3.11. The summed E-state index contributed by atoms with van der Waals surface area (Å²) in [6.07, 6.45) is 8.02. The molecule has 6 heteroatoms. The molecule has 3 heterocycles. The van der Waals surface area contributed by atoms with E-state index in [1.54, 1.807) is 20.2 Å². The van der Waals surface area contributed by atoms with Crippen molar-refractivity contribution in [3.63, 3.8) is 0 Å². The van der Waals surface area contributed by atoms with Crippen LogP contribution in [0.3, 0.4) is 0 Å². The summed E-state index contributed by atoms with van der Waals surface area (Å²) < 4.78 is 5.40. The first-order chi connectivity index (χ1) is 14.2. The molecule has 0 bridgehead atoms. The molecule has 0 radical (unpaired) electrons. The van der Waals surface area contributed by atoms with Gasteiger partial charge in [-0.05, 0) is 44.4 Å². The van der Waals surface area contributed by atoms with Gasteiger partial charge in [0, 0.05) is 56.5 Å². The molecule has 0 saturated carbocycles. The second-order valence-corrected chi connectivity index (χ2v) is 8.09. The first-order valence-corrected chi connectivity index (χ1v) is 10.6. The number of ether oxygens (including phenoxy) is 1. The zero-order valence-corrected chi connectivity index (χ0v) is 17.4. The average molecular weight is 395 g/mol. The number of hydrogen-bond donors (Lipinski definition) is 0. The highest BCUT2D eigenvalue weighted by Gasteiger charge is 2.31. The lowest BCUT2D eigenvalue weighted by atomic mass is 9.89. The van der Waals surface area contributed by atoms with Gasteiger partial charge in [-0.2, -0.15) is 0 Å². The van der Waals surface area contributed by atoms with Gasteiger partial charge in [-0.3, -0.25) is 19.7 Å². The fourth-order valence-corrected chi connectivity index (χ4v) is 4.75. The molecule has 1 atom stereocenters. The van der Waals surface area contributed by atoms with E-state index in [-0.39, 0.29) is 5.91 Å². The van der Waals surface area contributed by atoms with E-state index in [4.69, 9.17) is 9.72 Å². The molecule has 4 rings (SSSR count). The van der Waals surface area contributed by atoms with Crippen LogP contribution in [0.25, 0.3) is 11.3 Å². The molecule has 0 unspecified atom stereocenters. The zero-order chi connectivity index (χ0) is 20.2. The molecule has 0 N–H and O–H groups in total. The van der Waals surface area contributed by atoms with E-state index in [2.05, 4.69) is 16.0 Å². The predicted octanol–water partition coefficient (Wildman–Crippen LogP) is 3.34. The van der Waals surface area contributed by atoms with E-state index in [1.165, 1.54) is 6.42 Å². The molecule has 2 aliphatic heterocycles. The number of rotatable bonds is 4. The molecular formula is C23H30N4O2. The topological polar surface area (TPSA) is 58.6 Å². The van der Waals surface area contributed by atoms with Gasteiger partial charge in [0.2, 0.25) is 5.91 Å². The summed E-state index contributed by atoms with van der Waals surface area (Å²) in [5.74, 6) is 1.41. The summed E-state index contributed by atoms with van der Waals surface area (Å²) in [7, 11) is 1.69. The van der Waals surface area contributed by atoms with Crippen molar-refractivity contribution in [2.24, 2.45) is 0 Å². The number of carbonyl (C=O) groups excluding carboxylic acids is 1. The summed E-state index contributed by atoms with van der Waals surface area (Å²) in [6, 6.07) is 8.63. The van der Waals surface area contributed by atoms with Gasteiger partial charge in [0.25, 0.3) is 0 Å². The van der Waals surface area contributed by atoms with Crippen LogP contribution in [-0.4, -0.2) is 65.0 Å². The summed E-state index contributed by atoms with van der Waals surface area (Å²) in [5, 5.41) is 0. The highest BCUT2D eigenvalue weighted by atomic mass is 16.5. The van der Waals surface area contributed by atoms with Crippen molar-refractivity contribution in [3.05, 3.63) is 42.4 Å². The Morgan fingerprint density at radius 2 is 1.90 bits per heavy atom. The number of piperidine rings is 2. The van der Waals surface area contributed by atoms with Crippen LogP contribution < -0.4 is 4.74 Å².